The number of carbonyl (C=O) groups excluding carboxylic acids is 2. The molecule has 1 saturated heterocycles. The molecule has 4 rings (SSSR count). The summed E-state index contributed by atoms with van der Waals surface area (Å²) in [4.78, 5) is 24.5. The number of carbonyl (C=O) groups is 2. The quantitative estimate of drug-likeness (QED) is 0.102. The van der Waals surface area contributed by atoms with Crippen LogP contribution in [0.5, 0.6) is 0 Å². The van der Waals surface area contributed by atoms with Crippen molar-refractivity contribution >= 4 is 29.3 Å². The summed E-state index contributed by atoms with van der Waals surface area (Å²) in [5.41, 5.74) is 5.00. The van der Waals surface area contributed by atoms with Crippen molar-refractivity contribution in [2.45, 2.75) is 62.1 Å². The molecule has 1 heterocycles. The Morgan fingerprint density at radius 3 is 2.18 bits per heavy atom. The zero-order valence-electron chi connectivity index (χ0n) is 21.6. The zero-order valence-corrected chi connectivity index (χ0v) is 22.4. The maximum Gasteiger partial charge on any atom is 0.243 e. The molecule has 0 spiro atoms. The minimum atomic E-state index is -0.565. The van der Waals surface area contributed by atoms with E-state index in [1.807, 2.05) is 66.7 Å². The minimum Gasteiger partial charge on any atom is -0.392 e. The molecule has 3 unspecified atom stereocenters. The number of hydrogen-bond donors (Lipinski definition) is 4. The SMILES string of the molecule is O=C(CCCCC(=O)Nc1ccc(C2OC(CSc3ccccc3)CC(c3ccc(CO)cc3)O2)cc1)NO. The molecule has 0 aromatic heterocycles. The normalized spacial score (nSPS) is 18.9. The molecule has 9 heteroatoms. The Labute approximate surface area is 232 Å². The van der Waals surface area contributed by atoms with E-state index in [-0.39, 0.29) is 37.6 Å². The van der Waals surface area contributed by atoms with Crippen LogP contribution in [-0.2, 0) is 25.7 Å². The number of amides is 2. The summed E-state index contributed by atoms with van der Waals surface area (Å²) in [6, 6.07) is 25.5. The molecule has 1 fully saturated rings. The summed E-state index contributed by atoms with van der Waals surface area (Å²) >= 11 is 1.75. The second-order valence-electron chi connectivity index (χ2n) is 9.39. The van der Waals surface area contributed by atoms with Gasteiger partial charge in [-0.3, -0.25) is 14.8 Å². The lowest BCUT2D eigenvalue weighted by Gasteiger charge is -2.36. The average molecular weight is 551 g/mol. The number of benzene rings is 3. The van der Waals surface area contributed by atoms with Crippen LogP contribution in [0, 0.1) is 0 Å². The Hall–Kier alpha value is -3.21. The van der Waals surface area contributed by atoms with E-state index in [2.05, 4.69) is 17.4 Å². The smallest absolute Gasteiger partial charge is 0.243 e. The van der Waals surface area contributed by atoms with Crippen LogP contribution in [0.25, 0.3) is 0 Å². The van der Waals surface area contributed by atoms with Gasteiger partial charge >= 0.3 is 0 Å². The summed E-state index contributed by atoms with van der Waals surface area (Å²) in [7, 11) is 0. The van der Waals surface area contributed by atoms with E-state index < -0.39 is 12.2 Å². The molecule has 0 radical (unpaired) electrons. The molecule has 3 aromatic carbocycles. The monoisotopic (exact) mass is 550 g/mol. The maximum absolute atomic E-state index is 12.3. The molecule has 4 N–H and O–H groups in total. The lowest BCUT2D eigenvalue weighted by atomic mass is 10.0. The number of rotatable bonds is 12. The summed E-state index contributed by atoms with van der Waals surface area (Å²) < 4.78 is 12.8. The molecule has 0 saturated carbocycles. The third-order valence-electron chi connectivity index (χ3n) is 6.44. The van der Waals surface area contributed by atoms with Crippen LogP contribution in [0.3, 0.4) is 0 Å². The van der Waals surface area contributed by atoms with E-state index in [0.717, 1.165) is 22.4 Å². The molecule has 3 aromatic rings. The van der Waals surface area contributed by atoms with Gasteiger partial charge in [0.2, 0.25) is 11.8 Å². The van der Waals surface area contributed by atoms with Crippen LogP contribution in [0.1, 0.15) is 61.2 Å². The van der Waals surface area contributed by atoms with Crippen LogP contribution < -0.4 is 10.8 Å². The summed E-state index contributed by atoms with van der Waals surface area (Å²) in [5, 5.41) is 20.8. The van der Waals surface area contributed by atoms with E-state index in [1.54, 1.807) is 17.2 Å². The van der Waals surface area contributed by atoms with Crippen LogP contribution in [-0.4, -0.2) is 34.0 Å². The Morgan fingerprint density at radius 1 is 0.846 bits per heavy atom. The fourth-order valence-electron chi connectivity index (χ4n) is 4.30. The highest BCUT2D eigenvalue weighted by Gasteiger charge is 2.32. The highest BCUT2D eigenvalue weighted by Crippen LogP contribution is 2.39. The summed E-state index contributed by atoms with van der Waals surface area (Å²) in [6.45, 7) is -0.00234. The number of aliphatic hydroxyl groups excluding tert-OH is 1. The van der Waals surface area contributed by atoms with Gasteiger partial charge in [0.05, 0.1) is 18.8 Å². The van der Waals surface area contributed by atoms with Crippen LogP contribution in [0.2, 0.25) is 0 Å². The molecule has 2 amide bonds. The highest BCUT2D eigenvalue weighted by atomic mass is 32.2. The fourth-order valence-corrected chi connectivity index (χ4v) is 5.25. The third kappa shape index (κ3) is 8.91. The van der Waals surface area contributed by atoms with Crippen LogP contribution in [0.4, 0.5) is 5.69 Å². The van der Waals surface area contributed by atoms with Crippen LogP contribution >= 0.6 is 11.8 Å². The van der Waals surface area contributed by atoms with Gasteiger partial charge in [-0.15, -0.1) is 11.8 Å². The molecular weight excluding hydrogens is 516 g/mol. The summed E-state index contributed by atoms with van der Waals surface area (Å²) in [6.07, 6.45) is 1.47. The van der Waals surface area contributed by atoms with E-state index in [4.69, 9.17) is 14.7 Å². The van der Waals surface area contributed by atoms with Crippen LogP contribution in [0.15, 0.2) is 83.8 Å². The average Bonchev–Trinajstić information content (AvgIpc) is 2.99. The Bertz CT molecular complexity index is 1190. The first-order valence-electron chi connectivity index (χ1n) is 13.0. The third-order valence-corrected chi connectivity index (χ3v) is 7.59. The molecule has 3 atom stereocenters. The van der Waals surface area contributed by atoms with Gasteiger partial charge in [0, 0.05) is 41.2 Å². The number of hydroxylamine groups is 1. The molecule has 0 aliphatic carbocycles. The number of nitrogens with one attached hydrogen (secondary N) is 2. The van der Waals surface area contributed by atoms with Gasteiger partial charge in [0.15, 0.2) is 6.29 Å². The molecule has 1 aliphatic rings. The van der Waals surface area contributed by atoms with Crippen molar-refractivity contribution in [3.05, 3.63) is 95.6 Å². The zero-order chi connectivity index (χ0) is 27.5. The van der Waals surface area contributed by atoms with Crippen molar-refractivity contribution in [1.29, 1.82) is 0 Å². The van der Waals surface area contributed by atoms with Gasteiger partial charge in [-0.05, 0) is 48.2 Å². The highest BCUT2D eigenvalue weighted by molar-refractivity contribution is 7.99. The number of ether oxygens (including phenoxy) is 2. The number of thioether (sulfide) groups is 1. The van der Waals surface area contributed by atoms with Gasteiger partial charge in [0.1, 0.15) is 0 Å². The van der Waals surface area contributed by atoms with Crippen molar-refractivity contribution in [2.75, 3.05) is 11.1 Å². The van der Waals surface area contributed by atoms with E-state index in [0.29, 0.717) is 24.9 Å². The Balaban J connectivity index is 1.39. The number of unbranched alkanes of at least 4 members (excludes halogenated alkanes) is 1. The molecule has 39 heavy (non-hydrogen) atoms. The van der Waals surface area contributed by atoms with Crippen molar-refractivity contribution in [2.24, 2.45) is 0 Å². The number of anilines is 1. The standard InChI is InChI=1S/C30H34N2O6S/c33-19-21-10-12-22(13-11-21)27-18-25(20-39-26-6-2-1-3-7-26)37-30(38-27)23-14-16-24(17-15-23)31-28(34)8-4-5-9-29(35)32-36/h1-3,6-7,10-17,25,27,30,33,36H,4-5,8-9,18-20H2,(H,31,34)(H,32,35). The van der Waals surface area contributed by atoms with Crippen molar-refractivity contribution in [1.82, 2.24) is 5.48 Å². The molecule has 8 nitrogen and oxygen atoms in total. The predicted octanol–water partition coefficient (Wildman–Crippen LogP) is 5.52. The number of aliphatic hydroxyl groups is 1. The molecule has 206 valence electrons. The predicted molar refractivity (Wildman–Crippen MR) is 149 cm³/mol. The fraction of sp³-hybridized carbons (Fsp3) is 0.333. The topological polar surface area (TPSA) is 117 Å². The minimum absolute atomic E-state index is 0.00234. The summed E-state index contributed by atoms with van der Waals surface area (Å²) in [5.74, 6) is 0.189. The van der Waals surface area contributed by atoms with Gasteiger partial charge in [-0.1, -0.05) is 54.6 Å². The van der Waals surface area contributed by atoms with E-state index in [9.17, 15) is 14.7 Å². The Morgan fingerprint density at radius 2 is 1.51 bits per heavy atom. The lowest BCUT2D eigenvalue weighted by molar-refractivity contribution is -0.245. The lowest BCUT2D eigenvalue weighted by Crippen LogP contribution is -2.31. The Kier molecular flexibility index (Phi) is 10.9. The van der Waals surface area contributed by atoms with E-state index in [1.165, 1.54) is 4.90 Å². The largest absolute Gasteiger partial charge is 0.392 e. The van der Waals surface area contributed by atoms with Gasteiger partial charge in [-0.2, -0.15) is 0 Å². The number of hydrogen-bond acceptors (Lipinski definition) is 7. The molecule has 1 aliphatic heterocycles. The first-order valence-corrected chi connectivity index (χ1v) is 14.0. The van der Waals surface area contributed by atoms with Gasteiger partial charge < -0.3 is 19.9 Å². The maximum atomic E-state index is 12.3. The van der Waals surface area contributed by atoms with E-state index >= 15 is 0 Å². The first-order chi connectivity index (χ1) is 19.0. The first kappa shape index (κ1) is 28.8. The second-order valence-corrected chi connectivity index (χ2v) is 10.5. The van der Waals surface area contributed by atoms with Crippen molar-refractivity contribution < 1.29 is 29.4 Å². The molecular formula is C30H34N2O6S. The second kappa shape index (κ2) is 14.8. The van der Waals surface area contributed by atoms with Gasteiger partial charge in [-0.25, -0.2) is 5.48 Å². The van der Waals surface area contributed by atoms with Crippen molar-refractivity contribution in [3.63, 3.8) is 0 Å². The molecule has 0 bridgehead atoms. The van der Waals surface area contributed by atoms with Crippen molar-refractivity contribution in [3.8, 4) is 0 Å². The van der Waals surface area contributed by atoms with Gasteiger partial charge in [0.25, 0.3) is 0 Å².